The third-order valence-electron chi connectivity index (χ3n) is 12.0. The molecule has 66 heavy (non-hydrogen) atoms. The van der Waals surface area contributed by atoms with Gasteiger partial charge in [-0.3, -0.25) is 4.98 Å². The van der Waals surface area contributed by atoms with E-state index in [-0.39, 0.29) is 21.7 Å². The Kier molecular flexibility index (Phi) is 12.6. The molecule has 0 unspecified atom stereocenters. The number of benzene rings is 3. The van der Waals surface area contributed by atoms with Gasteiger partial charge in [0.2, 0.25) is 0 Å². The highest BCUT2D eigenvalue weighted by atomic mass is 19.1. The zero-order valence-corrected chi connectivity index (χ0v) is 36.2. The minimum Gasteiger partial charge on any atom is -0.378 e. The summed E-state index contributed by atoms with van der Waals surface area (Å²) in [7, 11) is 0. The predicted molar refractivity (Wildman–Crippen MR) is 260 cm³/mol. The molecule has 3 aromatic carbocycles. The lowest BCUT2D eigenvalue weighted by atomic mass is 10.2. The van der Waals surface area contributed by atoms with Gasteiger partial charge >= 0.3 is 0 Å². The SMILES string of the molecule is Fc1cc(-c2cc3ccccc3[nH]2)cnc1N1CCOCC1.Fc1cc(-c2cc3ccccc3[nH]2)ncc1N1CCOCC1.Fc1cc(N2CCOCC2)ncc1-c1cc2ccccc2[nH]1.[HH].[HH].[HH]. The Bertz CT molecular complexity index is 2860. The Labute approximate surface area is 383 Å². The fourth-order valence-corrected chi connectivity index (χ4v) is 8.44. The summed E-state index contributed by atoms with van der Waals surface area (Å²) in [6, 6.07) is 34.4. The topological polar surface area (TPSA) is 123 Å². The number of nitrogens with zero attached hydrogens (tertiary/aromatic N) is 6. The van der Waals surface area contributed by atoms with Crippen LogP contribution in [0.3, 0.4) is 0 Å². The quantitative estimate of drug-likeness (QED) is 0.150. The van der Waals surface area contributed by atoms with Gasteiger partial charge in [0.05, 0.1) is 74.2 Å². The number of hydrogen-bond acceptors (Lipinski definition) is 9. The van der Waals surface area contributed by atoms with Crippen LogP contribution in [0, 0.1) is 17.5 Å². The van der Waals surface area contributed by atoms with Gasteiger partial charge in [0.1, 0.15) is 17.5 Å². The van der Waals surface area contributed by atoms with Gasteiger partial charge in [-0.2, -0.15) is 0 Å². The van der Waals surface area contributed by atoms with E-state index < -0.39 is 0 Å². The van der Waals surface area contributed by atoms with Crippen LogP contribution in [0.4, 0.5) is 30.5 Å². The van der Waals surface area contributed by atoms with Gasteiger partial charge in [0.15, 0.2) is 11.6 Å². The highest BCUT2D eigenvalue weighted by Gasteiger charge is 2.20. The number of morpholine rings is 3. The number of rotatable bonds is 6. The highest BCUT2D eigenvalue weighted by molar-refractivity contribution is 5.87. The largest absolute Gasteiger partial charge is 0.378 e. The van der Waals surface area contributed by atoms with Crippen LogP contribution >= 0.6 is 0 Å². The molecule has 3 N–H and O–H groups in total. The van der Waals surface area contributed by atoms with Crippen LogP contribution in [0.15, 0.2) is 128 Å². The smallest absolute Gasteiger partial charge is 0.166 e. The molecule has 15 heteroatoms. The van der Waals surface area contributed by atoms with E-state index >= 15 is 0 Å². The second-order valence-corrected chi connectivity index (χ2v) is 16.2. The molecular formula is C51H54F3N9O3. The Morgan fingerprint density at radius 2 is 0.970 bits per heavy atom. The van der Waals surface area contributed by atoms with E-state index in [0.29, 0.717) is 94.4 Å². The predicted octanol–water partition coefficient (Wildman–Crippen LogP) is 10.4. The van der Waals surface area contributed by atoms with Crippen molar-refractivity contribution in [3.8, 4) is 33.9 Å². The summed E-state index contributed by atoms with van der Waals surface area (Å²) in [6.07, 6.45) is 4.94. The van der Waals surface area contributed by atoms with E-state index in [2.05, 4.69) is 29.9 Å². The molecular weight excluding hydrogens is 844 g/mol. The zero-order valence-electron chi connectivity index (χ0n) is 36.2. The molecule has 0 bridgehead atoms. The van der Waals surface area contributed by atoms with Crippen LogP contribution in [0.25, 0.3) is 66.6 Å². The van der Waals surface area contributed by atoms with E-state index in [9.17, 15) is 13.2 Å². The van der Waals surface area contributed by atoms with Crippen molar-refractivity contribution in [2.45, 2.75) is 0 Å². The van der Waals surface area contributed by atoms with Crippen molar-refractivity contribution in [1.82, 2.24) is 29.9 Å². The number of hydrogen-bond donors (Lipinski definition) is 3. The van der Waals surface area contributed by atoms with Gasteiger partial charge in [-0.1, -0.05) is 54.6 Å². The van der Waals surface area contributed by atoms with Gasteiger partial charge in [0, 0.05) is 112 Å². The normalized spacial score (nSPS) is 15.4. The fraction of sp³-hybridized carbons (Fsp3) is 0.235. The number of H-pyrrole nitrogens is 3. The summed E-state index contributed by atoms with van der Waals surface area (Å²) in [5, 5.41) is 3.27. The molecule has 0 aliphatic carbocycles. The number of aromatic nitrogens is 6. The molecule has 3 fully saturated rings. The Hall–Kier alpha value is -7.20. The molecule has 0 amide bonds. The molecule has 12 nitrogen and oxygen atoms in total. The first-order valence-corrected chi connectivity index (χ1v) is 22.1. The fourth-order valence-electron chi connectivity index (χ4n) is 8.44. The van der Waals surface area contributed by atoms with Crippen molar-refractivity contribution in [3.63, 3.8) is 0 Å². The average molecular weight is 898 g/mol. The lowest BCUT2D eigenvalue weighted by Gasteiger charge is -2.28. The molecule has 12 rings (SSSR count). The minimum atomic E-state index is -0.293. The number of aromatic amines is 3. The second-order valence-electron chi connectivity index (χ2n) is 16.2. The van der Waals surface area contributed by atoms with E-state index in [4.69, 9.17) is 14.2 Å². The number of pyridine rings is 3. The first kappa shape index (κ1) is 42.7. The van der Waals surface area contributed by atoms with Crippen molar-refractivity contribution in [2.24, 2.45) is 0 Å². The first-order valence-electron chi connectivity index (χ1n) is 22.1. The van der Waals surface area contributed by atoms with Crippen LogP contribution in [-0.4, -0.2) is 109 Å². The molecule has 342 valence electrons. The van der Waals surface area contributed by atoms with Gasteiger partial charge in [-0.25, -0.2) is 23.1 Å². The lowest BCUT2D eigenvalue weighted by Crippen LogP contribution is -2.37. The summed E-state index contributed by atoms with van der Waals surface area (Å²) < 4.78 is 59.3. The average Bonchev–Trinajstić information content (AvgIpc) is 4.13. The number of para-hydroxylation sites is 3. The van der Waals surface area contributed by atoms with E-state index in [1.54, 1.807) is 24.7 Å². The number of nitrogens with one attached hydrogen (secondary N) is 3. The van der Waals surface area contributed by atoms with Crippen molar-refractivity contribution in [3.05, 3.63) is 145 Å². The molecule has 3 aliphatic rings. The number of halogens is 3. The van der Waals surface area contributed by atoms with Crippen molar-refractivity contribution < 1.29 is 31.7 Å². The summed E-state index contributed by atoms with van der Waals surface area (Å²) in [4.78, 5) is 28.9. The highest BCUT2D eigenvalue weighted by Crippen LogP contribution is 2.30. The molecule has 3 saturated heterocycles. The number of ether oxygens (including phenoxy) is 3. The molecule has 6 aromatic heterocycles. The van der Waals surface area contributed by atoms with Crippen molar-refractivity contribution in [2.75, 3.05) is 93.6 Å². The summed E-state index contributed by atoms with van der Waals surface area (Å²) in [5.74, 6) is 0.274. The molecule has 9 heterocycles. The lowest BCUT2D eigenvalue weighted by molar-refractivity contribution is 0.122. The first-order chi connectivity index (χ1) is 32.4. The van der Waals surface area contributed by atoms with E-state index in [0.717, 1.165) is 68.4 Å². The maximum Gasteiger partial charge on any atom is 0.166 e. The third kappa shape index (κ3) is 9.45. The minimum absolute atomic E-state index is 0. The van der Waals surface area contributed by atoms with Gasteiger partial charge in [-0.15, -0.1) is 0 Å². The number of fused-ring (bicyclic) bond motifs is 3. The van der Waals surface area contributed by atoms with E-state index in [1.165, 1.54) is 12.1 Å². The molecule has 3 aliphatic heterocycles. The second kappa shape index (κ2) is 19.5. The zero-order chi connectivity index (χ0) is 44.8. The number of anilines is 3. The maximum absolute atomic E-state index is 14.5. The molecule has 0 atom stereocenters. The van der Waals surface area contributed by atoms with Gasteiger partial charge in [-0.05, 0) is 42.5 Å². The summed E-state index contributed by atoms with van der Waals surface area (Å²) in [6.45, 7) is 8.05. The molecule has 9 aromatic rings. The third-order valence-corrected chi connectivity index (χ3v) is 12.0. The van der Waals surface area contributed by atoms with Crippen LogP contribution in [0.2, 0.25) is 0 Å². The van der Waals surface area contributed by atoms with Crippen LogP contribution in [0.1, 0.15) is 4.28 Å². The van der Waals surface area contributed by atoms with Gasteiger partial charge in [0.25, 0.3) is 0 Å². The van der Waals surface area contributed by atoms with Crippen molar-refractivity contribution >= 4 is 50.0 Å². The Morgan fingerprint density at radius 3 is 1.53 bits per heavy atom. The van der Waals surface area contributed by atoms with Crippen LogP contribution in [-0.2, 0) is 14.2 Å². The molecule has 0 radical (unpaired) electrons. The Balaban J connectivity index is 0.000000150. The van der Waals surface area contributed by atoms with Crippen molar-refractivity contribution in [1.29, 1.82) is 0 Å². The molecule has 0 saturated carbocycles. The standard InChI is InChI=1S/3C17H16FN3O.3H2/c18-14-9-13(11-19-17(14)21-5-7-22-8-6-21)16-10-12-3-1-2-4-15(12)20-16;18-14-10-17(21-5-7-22-8-6-21)19-11-13(14)16-9-12-3-1-2-4-15(12)20-16;18-13-10-15(16-9-12-3-1-2-4-14(12)20-16)19-11-17(13)21-5-7-22-8-6-21;;;/h3*1-4,9-11,20H,5-8H2;3*1H. The summed E-state index contributed by atoms with van der Waals surface area (Å²) >= 11 is 0. The van der Waals surface area contributed by atoms with E-state index in [1.807, 2.05) is 106 Å². The monoisotopic (exact) mass is 897 g/mol. The van der Waals surface area contributed by atoms with Crippen LogP contribution in [0.5, 0.6) is 0 Å². The summed E-state index contributed by atoms with van der Waals surface area (Å²) in [5.41, 5.74) is 7.92. The van der Waals surface area contributed by atoms with Crippen LogP contribution < -0.4 is 14.7 Å². The maximum atomic E-state index is 14.5. The Morgan fingerprint density at radius 1 is 0.455 bits per heavy atom. The molecule has 0 spiro atoms. The van der Waals surface area contributed by atoms with Gasteiger partial charge < -0.3 is 43.9 Å².